The molecule has 2 heteroatoms. The number of hydrogen-bond donors (Lipinski definition) is 1. The van der Waals surface area contributed by atoms with Crippen molar-refractivity contribution in [3.63, 3.8) is 0 Å². The Balaban J connectivity index is 3.29. The molecular weight excluding hydrogens is 402 g/mol. The summed E-state index contributed by atoms with van der Waals surface area (Å²) < 4.78 is 0. The third-order valence-corrected chi connectivity index (χ3v) is 7.27. The summed E-state index contributed by atoms with van der Waals surface area (Å²) >= 11 is 0. The summed E-state index contributed by atoms with van der Waals surface area (Å²) in [6, 6.07) is 0. The fourth-order valence-corrected chi connectivity index (χ4v) is 4.77. The van der Waals surface area contributed by atoms with Crippen LogP contribution in [0.5, 0.6) is 0 Å². The molecule has 0 aromatic carbocycles. The Morgan fingerprint density at radius 3 is 1.15 bits per heavy atom. The normalized spacial score (nSPS) is 12.2. The van der Waals surface area contributed by atoms with E-state index in [1.165, 1.54) is 148 Å². The van der Waals surface area contributed by atoms with Crippen LogP contribution >= 0.6 is 0 Å². The molecule has 0 saturated heterocycles. The zero-order valence-corrected chi connectivity index (χ0v) is 23.4. The second kappa shape index (κ2) is 27.7. The Kier molecular flexibility index (Phi) is 27.3. The molecule has 0 aliphatic rings. The van der Waals surface area contributed by atoms with Gasteiger partial charge in [0, 0.05) is 12.5 Å². The summed E-state index contributed by atoms with van der Waals surface area (Å²) in [7, 11) is 0. The van der Waals surface area contributed by atoms with Gasteiger partial charge in [-0.1, -0.05) is 168 Å². The van der Waals surface area contributed by atoms with Crippen LogP contribution in [0.25, 0.3) is 0 Å². The molecule has 0 bridgehead atoms. The van der Waals surface area contributed by atoms with Crippen molar-refractivity contribution in [3.8, 4) is 0 Å². The molecule has 2 nitrogen and oxygen atoms in total. The largest absolute Gasteiger partial charge is 0.356 e. The van der Waals surface area contributed by atoms with Crippen molar-refractivity contribution in [3.05, 3.63) is 0 Å². The maximum absolute atomic E-state index is 12.3. The molecule has 0 aliphatic carbocycles. The molecule has 1 unspecified atom stereocenters. The lowest BCUT2D eigenvalue weighted by atomic mass is 10.0. The van der Waals surface area contributed by atoms with Gasteiger partial charge >= 0.3 is 0 Å². The Hall–Kier alpha value is -0.530. The number of amides is 1. The first-order valence-electron chi connectivity index (χ1n) is 15.5. The van der Waals surface area contributed by atoms with E-state index in [-0.39, 0.29) is 11.8 Å². The van der Waals surface area contributed by atoms with Crippen molar-refractivity contribution in [2.24, 2.45) is 5.92 Å². The summed E-state index contributed by atoms with van der Waals surface area (Å²) in [6.07, 6.45) is 34.0. The van der Waals surface area contributed by atoms with E-state index in [1.807, 2.05) is 0 Å². The second-order valence-electron chi connectivity index (χ2n) is 10.8. The maximum Gasteiger partial charge on any atom is 0.222 e. The van der Waals surface area contributed by atoms with Gasteiger partial charge in [-0.05, 0) is 12.8 Å². The van der Waals surface area contributed by atoms with E-state index in [4.69, 9.17) is 0 Å². The lowest BCUT2D eigenvalue weighted by Crippen LogP contribution is -2.30. The Morgan fingerprint density at radius 2 is 0.788 bits per heavy atom. The average molecular weight is 466 g/mol. The monoisotopic (exact) mass is 465 g/mol. The predicted molar refractivity (Wildman–Crippen MR) is 149 cm³/mol. The lowest BCUT2D eigenvalue weighted by Gasteiger charge is -2.12. The van der Waals surface area contributed by atoms with E-state index < -0.39 is 0 Å². The number of hydrogen-bond acceptors (Lipinski definition) is 1. The molecule has 1 atom stereocenters. The molecule has 0 spiro atoms. The van der Waals surface area contributed by atoms with Crippen molar-refractivity contribution < 1.29 is 4.79 Å². The molecule has 0 saturated carbocycles. The highest BCUT2D eigenvalue weighted by atomic mass is 16.1. The number of carbonyl (C=O) groups excluding carboxylic acids is 1. The smallest absolute Gasteiger partial charge is 0.222 e. The quantitative estimate of drug-likeness (QED) is 0.120. The van der Waals surface area contributed by atoms with Crippen LogP contribution in [-0.2, 0) is 4.79 Å². The molecule has 1 N–H and O–H groups in total. The van der Waals surface area contributed by atoms with Gasteiger partial charge in [0.1, 0.15) is 0 Å². The molecule has 1 amide bonds. The van der Waals surface area contributed by atoms with E-state index in [9.17, 15) is 4.79 Å². The molecule has 0 rings (SSSR count). The summed E-state index contributed by atoms with van der Waals surface area (Å²) in [5.41, 5.74) is 0. The number of carbonyl (C=O) groups is 1. The SMILES string of the molecule is CCCCCCCCCCCCCCNC(=O)C(C)CCCCCCCCCCCCCC. The van der Waals surface area contributed by atoms with Gasteiger partial charge in [0.25, 0.3) is 0 Å². The van der Waals surface area contributed by atoms with Gasteiger partial charge < -0.3 is 5.32 Å². The standard InChI is InChI=1S/C31H63NO/c1-4-6-8-10-12-14-16-18-20-22-24-26-28-30(3)31(33)32-29-27-25-23-21-19-17-15-13-11-9-7-5-2/h30H,4-29H2,1-3H3,(H,32,33). The van der Waals surface area contributed by atoms with Crippen molar-refractivity contribution in [1.82, 2.24) is 5.32 Å². The first kappa shape index (κ1) is 32.5. The van der Waals surface area contributed by atoms with E-state index >= 15 is 0 Å². The molecule has 0 aromatic rings. The van der Waals surface area contributed by atoms with Crippen molar-refractivity contribution in [2.45, 2.75) is 181 Å². The number of rotatable bonds is 27. The summed E-state index contributed by atoms with van der Waals surface area (Å²) in [5, 5.41) is 3.17. The van der Waals surface area contributed by atoms with Crippen LogP contribution in [-0.4, -0.2) is 12.5 Å². The topological polar surface area (TPSA) is 29.1 Å². The van der Waals surface area contributed by atoms with Crippen molar-refractivity contribution in [2.75, 3.05) is 6.54 Å². The lowest BCUT2D eigenvalue weighted by molar-refractivity contribution is -0.124. The minimum absolute atomic E-state index is 0.186. The molecule has 0 radical (unpaired) electrons. The Labute approximate surface area is 209 Å². The van der Waals surface area contributed by atoms with Gasteiger partial charge in [0.05, 0.1) is 0 Å². The van der Waals surface area contributed by atoms with Crippen LogP contribution in [0.3, 0.4) is 0 Å². The second-order valence-corrected chi connectivity index (χ2v) is 10.8. The fourth-order valence-electron chi connectivity index (χ4n) is 4.77. The first-order valence-corrected chi connectivity index (χ1v) is 15.5. The van der Waals surface area contributed by atoms with E-state index in [1.54, 1.807) is 0 Å². The van der Waals surface area contributed by atoms with Crippen LogP contribution in [0.2, 0.25) is 0 Å². The zero-order chi connectivity index (χ0) is 24.2. The molecule has 33 heavy (non-hydrogen) atoms. The minimum Gasteiger partial charge on any atom is -0.356 e. The first-order chi connectivity index (χ1) is 16.2. The van der Waals surface area contributed by atoms with Gasteiger partial charge in [-0.2, -0.15) is 0 Å². The molecule has 0 heterocycles. The van der Waals surface area contributed by atoms with Gasteiger partial charge in [-0.25, -0.2) is 0 Å². The highest BCUT2D eigenvalue weighted by molar-refractivity contribution is 5.78. The fraction of sp³-hybridized carbons (Fsp3) is 0.968. The van der Waals surface area contributed by atoms with Crippen LogP contribution in [0, 0.1) is 5.92 Å². The summed E-state index contributed by atoms with van der Waals surface area (Å²) in [4.78, 5) is 12.3. The molecular formula is C31H63NO. The van der Waals surface area contributed by atoms with E-state index in [0.717, 1.165) is 19.4 Å². The average Bonchev–Trinajstić information content (AvgIpc) is 2.82. The predicted octanol–water partition coefficient (Wildman–Crippen LogP) is 10.5. The van der Waals surface area contributed by atoms with Crippen molar-refractivity contribution >= 4 is 5.91 Å². The van der Waals surface area contributed by atoms with Gasteiger partial charge in [-0.15, -0.1) is 0 Å². The van der Waals surface area contributed by atoms with Crippen LogP contribution in [0.4, 0.5) is 0 Å². The van der Waals surface area contributed by atoms with E-state index in [0.29, 0.717) is 0 Å². The van der Waals surface area contributed by atoms with Crippen LogP contribution in [0.15, 0.2) is 0 Å². The Morgan fingerprint density at radius 1 is 0.485 bits per heavy atom. The maximum atomic E-state index is 12.3. The zero-order valence-electron chi connectivity index (χ0n) is 23.4. The molecule has 0 aromatic heterocycles. The highest BCUT2D eigenvalue weighted by Crippen LogP contribution is 2.15. The molecule has 198 valence electrons. The molecule has 0 fully saturated rings. The van der Waals surface area contributed by atoms with Crippen LogP contribution in [0.1, 0.15) is 181 Å². The summed E-state index contributed by atoms with van der Waals surface area (Å²) in [5.74, 6) is 0.464. The Bertz CT molecular complexity index is 381. The van der Waals surface area contributed by atoms with Gasteiger partial charge in [-0.3, -0.25) is 4.79 Å². The highest BCUT2D eigenvalue weighted by Gasteiger charge is 2.11. The molecule has 0 aliphatic heterocycles. The van der Waals surface area contributed by atoms with Gasteiger partial charge in [0.2, 0.25) is 5.91 Å². The minimum atomic E-state index is 0.186. The number of unbranched alkanes of at least 4 members (excludes halogenated alkanes) is 22. The third kappa shape index (κ3) is 25.9. The van der Waals surface area contributed by atoms with Gasteiger partial charge in [0.15, 0.2) is 0 Å². The summed E-state index contributed by atoms with van der Waals surface area (Å²) in [6.45, 7) is 7.55. The number of nitrogens with one attached hydrogen (secondary N) is 1. The van der Waals surface area contributed by atoms with Crippen LogP contribution < -0.4 is 5.32 Å². The van der Waals surface area contributed by atoms with E-state index in [2.05, 4.69) is 26.1 Å². The van der Waals surface area contributed by atoms with Crippen molar-refractivity contribution in [1.29, 1.82) is 0 Å². The third-order valence-electron chi connectivity index (χ3n) is 7.27.